The van der Waals surface area contributed by atoms with Crippen LogP contribution >= 0.6 is 11.6 Å². The number of aromatic amines is 1. The van der Waals surface area contributed by atoms with Crippen molar-refractivity contribution >= 4 is 23.4 Å². The lowest BCUT2D eigenvalue weighted by Crippen LogP contribution is -2.42. The van der Waals surface area contributed by atoms with Crippen LogP contribution in [0.5, 0.6) is 0 Å². The summed E-state index contributed by atoms with van der Waals surface area (Å²) in [6.45, 7) is 0. The predicted octanol–water partition coefficient (Wildman–Crippen LogP) is 2.39. The minimum Gasteiger partial charge on any atom is -0.266 e. The van der Waals surface area contributed by atoms with Gasteiger partial charge >= 0.3 is 0 Å². The van der Waals surface area contributed by atoms with Crippen molar-refractivity contribution in [2.24, 2.45) is 0 Å². The number of hydrazine groups is 1. The van der Waals surface area contributed by atoms with E-state index < -0.39 is 11.8 Å². The second kappa shape index (κ2) is 7.95. The Bertz CT molecular complexity index is 1140. The van der Waals surface area contributed by atoms with Gasteiger partial charge in [-0.05, 0) is 30.3 Å². The molecule has 2 aromatic heterocycles. The van der Waals surface area contributed by atoms with Crippen LogP contribution in [0, 0.1) is 0 Å². The Morgan fingerprint density at radius 3 is 2.38 bits per heavy atom. The van der Waals surface area contributed by atoms with Crippen LogP contribution in [0.25, 0.3) is 16.9 Å². The number of rotatable bonds is 4. The maximum absolute atomic E-state index is 12.8. The molecule has 4 aromatic rings. The van der Waals surface area contributed by atoms with Gasteiger partial charge in [0.1, 0.15) is 5.69 Å². The maximum atomic E-state index is 12.8. The van der Waals surface area contributed by atoms with E-state index in [0.717, 1.165) is 5.56 Å². The first-order valence-corrected chi connectivity index (χ1v) is 8.87. The highest BCUT2D eigenvalue weighted by Crippen LogP contribution is 2.23. The Morgan fingerprint density at radius 2 is 1.69 bits per heavy atom. The average Bonchev–Trinajstić information content (AvgIpc) is 3.43. The number of carbonyl (C=O) groups is 2. The third kappa shape index (κ3) is 3.99. The van der Waals surface area contributed by atoms with Crippen molar-refractivity contribution < 1.29 is 9.59 Å². The van der Waals surface area contributed by atoms with Gasteiger partial charge in [-0.1, -0.05) is 41.9 Å². The Hall–Kier alpha value is -3.98. The molecule has 2 aromatic carbocycles. The van der Waals surface area contributed by atoms with E-state index in [9.17, 15) is 9.59 Å². The van der Waals surface area contributed by atoms with Gasteiger partial charge in [0, 0.05) is 10.6 Å². The highest BCUT2D eigenvalue weighted by atomic mass is 35.5. The standard InChI is InChI=1S/C19H14ClN7O2/c20-13-8-6-12(7-9-13)15-10-17(27(25-15)14-4-2-1-3-5-14)19(29)24-23-18(28)16-11-21-26-22-16/h1-11H,(H,23,28)(H,24,29)(H,21,22,26). The molecule has 0 bridgehead atoms. The largest absolute Gasteiger partial charge is 0.291 e. The fraction of sp³-hybridized carbons (Fsp3) is 0. The summed E-state index contributed by atoms with van der Waals surface area (Å²) in [5.41, 5.74) is 7.02. The van der Waals surface area contributed by atoms with E-state index in [2.05, 4.69) is 31.4 Å². The van der Waals surface area contributed by atoms with Gasteiger partial charge in [-0.25, -0.2) is 4.68 Å². The molecule has 3 N–H and O–H groups in total. The van der Waals surface area contributed by atoms with Crippen molar-refractivity contribution in [2.75, 3.05) is 0 Å². The van der Waals surface area contributed by atoms with Crippen LogP contribution in [0.1, 0.15) is 21.0 Å². The molecule has 29 heavy (non-hydrogen) atoms. The molecule has 0 unspecified atom stereocenters. The monoisotopic (exact) mass is 407 g/mol. The molecule has 0 aliphatic heterocycles. The maximum Gasteiger partial charge on any atom is 0.291 e. The lowest BCUT2D eigenvalue weighted by Gasteiger charge is -2.08. The summed E-state index contributed by atoms with van der Waals surface area (Å²) >= 11 is 5.95. The summed E-state index contributed by atoms with van der Waals surface area (Å²) in [7, 11) is 0. The molecule has 0 spiro atoms. The molecule has 9 nitrogen and oxygen atoms in total. The fourth-order valence-electron chi connectivity index (χ4n) is 2.62. The number of aromatic nitrogens is 5. The quantitative estimate of drug-likeness (QED) is 0.449. The highest BCUT2D eigenvalue weighted by Gasteiger charge is 2.19. The predicted molar refractivity (Wildman–Crippen MR) is 105 cm³/mol. The van der Waals surface area contributed by atoms with Gasteiger partial charge in [-0.15, -0.1) is 0 Å². The van der Waals surface area contributed by atoms with Crippen LogP contribution in [-0.2, 0) is 0 Å². The van der Waals surface area contributed by atoms with Gasteiger partial charge in [0.05, 0.1) is 17.6 Å². The summed E-state index contributed by atoms with van der Waals surface area (Å²) in [5, 5.41) is 14.7. The van der Waals surface area contributed by atoms with Crippen molar-refractivity contribution in [3.05, 3.63) is 83.3 Å². The summed E-state index contributed by atoms with van der Waals surface area (Å²) < 4.78 is 1.50. The topological polar surface area (TPSA) is 118 Å². The minimum atomic E-state index is -0.601. The normalized spacial score (nSPS) is 10.5. The van der Waals surface area contributed by atoms with Crippen LogP contribution in [-0.4, -0.2) is 37.0 Å². The van der Waals surface area contributed by atoms with Gasteiger partial charge in [0.25, 0.3) is 11.8 Å². The lowest BCUT2D eigenvalue weighted by atomic mass is 10.1. The molecule has 4 rings (SSSR count). The highest BCUT2D eigenvalue weighted by molar-refractivity contribution is 6.30. The van der Waals surface area contributed by atoms with Crippen molar-refractivity contribution in [1.82, 2.24) is 36.0 Å². The molecule has 0 radical (unpaired) electrons. The number of nitrogens with zero attached hydrogens (tertiary/aromatic N) is 4. The number of para-hydroxylation sites is 1. The van der Waals surface area contributed by atoms with Crippen molar-refractivity contribution in [1.29, 1.82) is 0 Å². The van der Waals surface area contributed by atoms with E-state index in [1.807, 2.05) is 42.5 Å². The molecule has 0 saturated carbocycles. The van der Waals surface area contributed by atoms with E-state index in [0.29, 0.717) is 16.4 Å². The van der Waals surface area contributed by atoms with Crippen LogP contribution in [0.2, 0.25) is 5.02 Å². The van der Waals surface area contributed by atoms with E-state index in [-0.39, 0.29) is 11.4 Å². The van der Waals surface area contributed by atoms with Crippen LogP contribution in [0.15, 0.2) is 66.9 Å². The Kier molecular flexibility index (Phi) is 5.04. The molecule has 2 heterocycles. The summed E-state index contributed by atoms with van der Waals surface area (Å²) in [6, 6.07) is 17.9. The summed E-state index contributed by atoms with van der Waals surface area (Å²) in [4.78, 5) is 24.7. The summed E-state index contributed by atoms with van der Waals surface area (Å²) in [6.07, 6.45) is 1.24. The van der Waals surface area contributed by atoms with Crippen molar-refractivity contribution in [3.8, 4) is 16.9 Å². The van der Waals surface area contributed by atoms with Crippen molar-refractivity contribution in [3.63, 3.8) is 0 Å². The lowest BCUT2D eigenvalue weighted by molar-refractivity contribution is 0.0839. The second-order valence-corrected chi connectivity index (χ2v) is 6.37. The van der Waals surface area contributed by atoms with Gasteiger partial charge < -0.3 is 0 Å². The molecule has 144 valence electrons. The minimum absolute atomic E-state index is 0.0451. The third-order valence-corrected chi connectivity index (χ3v) is 4.27. The van der Waals surface area contributed by atoms with E-state index in [1.54, 1.807) is 18.2 Å². The van der Waals surface area contributed by atoms with Gasteiger partial charge in [0.2, 0.25) is 0 Å². The smallest absolute Gasteiger partial charge is 0.266 e. The molecule has 2 amide bonds. The molecular weight excluding hydrogens is 394 g/mol. The molecule has 10 heteroatoms. The Morgan fingerprint density at radius 1 is 0.966 bits per heavy atom. The number of nitrogens with one attached hydrogen (secondary N) is 3. The van der Waals surface area contributed by atoms with Gasteiger partial charge in [0.15, 0.2) is 5.69 Å². The zero-order valence-electron chi connectivity index (χ0n) is 14.8. The number of hydrogen-bond acceptors (Lipinski definition) is 5. The zero-order valence-corrected chi connectivity index (χ0v) is 15.6. The van der Waals surface area contributed by atoms with Crippen LogP contribution < -0.4 is 10.9 Å². The van der Waals surface area contributed by atoms with E-state index >= 15 is 0 Å². The molecule has 0 saturated heterocycles. The number of benzene rings is 2. The molecule has 0 aliphatic rings. The van der Waals surface area contributed by atoms with Crippen LogP contribution in [0.3, 0.4) is 0 Å². The van der Waals surface area contributed by atoms with E-state index in [4.69, 9.17) is 11.6 Å². The van der Waals surface area contributed by atoms with Crippen LogP contribution in [0.4, 0.5) is 0 Å². The number of hydrogen-bond donors (Lipinski definition) is 3. The molecule has 0 fully saturated rings. The Balaban J connectivity index is 1.64. The number of H-pyrrole nitrogens is 1. The second-order valence-electron chi connectivity index (χ2n) is 5.93. The van der Waals surface area contributed by atoms with Crippen molar-refractivity contribution in [2.45, 2.75) is 0 Å². The average molecular weight is 408 g/mol. The van der Waals surface area contributed by atoms with E-state index in [1.165, 1.54) is 10.9 Å². The fourth-order valence-corrected chi connectivity index (χ4v) is 2.75. The number of amides is 2. The third-order valence-electron chi connectivity index (χ3n) is 4.02. The first-order valence-electron chi connectivity index (χ1n) is 8.50. The first-order chi connectivity index (χ1) is 14.1. The summed E-state index contributed by atoms with van der Waals surface area (Å²) in [5.74, 6) is -1.14. The van der Waals surface area contributed by atoms with Gasteiger partial charge in [-0.3, -0.25) is 20.4 Å². The first kappa shape index (κ1) is 18.4. The number of carbonyl (C=O) groups excluding carboxylic acids is 2. The van der Waals surface area contributed by atoms with Gasteiger partial charge in [-0.2, -0.15) is 20.5 Å². The Labute approximate surface area is 169 Å². The molecule has 0 atom stereocenters. The zero-order chi connectivity index (χ0) is 20.2. The molecular formula is C19H14ClN7O2. The molecule has 0 aliphatic carbocycles. The SMILES string of the molecule is O=C(NNC(=O)c1cc(-c2ccc(Cl)cc2)nn1-c1ccccc1)c1cn[nH]n1. The number of halogens is 1.